The van der Waals surface area contributed by atoms with Crippen LogP contribution in [0.15, 0.2) is 114 Å². The van der Waals surface area contributed by atoms with Gasteiger partial charge in [-0.2, -0.15) is 0 Å². The Hall–Kier alpha value is -8.65. The molecule has 0 bridgehead atoms. The molecule has 0 spiro atoms. The average molecular weight is 1020 g/mol. The molecule has 0 unspecified atom stereocenters. The van der Waals surface area contributed by atoms with E-state index in [2.05, 4.69) is 41.5 Å². The summed E-state index contributed by atoms with van der Waals surface area (Å²) in [5, 5.41) is 14.8. The van der Waals surface area contributed by atoms with Crippen molar-refractivity contribution in [3.05, 3.63) is 137 Å². The van der Waals surface area contributed by atoms with Crippen LogP contribution >= 0.6 is 0 Å². The molecule has 0 saturated carbocycles. The van der Waals surface area contributed by atoms with E-state index >= 15 is 0 Å². The standard InChI is InChI=1S/C55H63N11O9/c1-5-24-66(75-6-2)52(69)37-25-36-20-19-35(26-46(36)63-47(56)27-37)38-28-59-48(60-29-38)30-61-54(71)73-31-34-17-21-39(22-18-34)62-50(67)45(16-11-23-58-53(57)70)64-51(68)49(33(3)4)65-55(72)74-32-44-42-14-9-7-12-40(42)41-13-8-10-15-43(41)44/h7-10,12-15,17-22,25-26,28-29,33,44-45,49H,5-6,11,16,23-24,27,30-32H2,1-4H3,(H2,56,63)(H,61,71)(H,62,67)(H,64,68)(H,65,72)(H3,57,58,70)/t45-,49-/m0/s1. The maximum absolute atomic E-state index is 13.8. The van der Waals surface area contributed by atoms with E-state index in [1.165, 1.54) is 5.06 Å². The monoisotopic (exact) mass is 1020 g/mol. The number of hydrogen-bond donors (Lipinski definition) is 7. The summed E-state index contributed by atoms with van der Waals surface area (Å²) in [6.45, 7) is 8.26. The van der Waals surface area contributed by atoms with E-state index in [0.29, 0.717) is 59.3 Å². The second kappa shape index (κ2) is 25.8. The topological polar surface area (TPSA) is 284 Å². The third-order valence-electron chi connectivity index (χ3n) is 12.4. The van der Waals surface area contributed by atoms with Gasteiger partial charge in [-0.25, -0.2) is 34.4 Å². The quantitative estimate of drug-likeness (QED) is 0.0273. The molecule has 1 aliphatic heterocycles. The first-order valence-corrected chi connectivity index (χ1v) is 24.9. The van der Waals surface area contributed by atoms with Crippen molar-refractivity contribution in [2.45, 2.75) is 84.5 Å². The van der Waals surface area contributed by atoms with Crippen LogP contribution in [0.5, 0.6) is 0 Å². The number of carbonyl (C=O) groups excluding carboxylic acids is 6. The molecule has 392 valence electrons. The molecule has 2 atom stereocenters. The van der Waals surface area contributed by atoms with Crippen LogP contribution in [0.25, 0.3) is 28.3 Å². The first-order valence-electron chi connectivity index (χ1n) is 24.9. The number of amidine groups is 1. The summed E-state index contributed by atoms with van der Waals surface area (Å²) in [5.41, 5.74) is 20.1. The predicted octanol–water partition coefficient (Wildman–Crippen LogP) is 6.97. The molecule has 20 nitrogen and oxygen atoms in total. The van der Waals surface area contributed by atoms with E-state index in [4.69, 9.17) is 25.8 Å². The number of ether oxygens (including phenoxy) is 2. The number of benzene rings is 4. The molecular formula is C55H63N11O9. The summed E-state index contributed by atoms with van der Waals surface area (Å²) in [6.07, 6.45) is 4.90. The van der Waals surface area contributed by atoms with Gasteiger partial charge in [-0.15, -0.1) is 0 Å². The van der Waals surface area contributed by atoms with E-state index in [1.54, 1.807) is 56.6 Å². The average Bonchev–Trinajstić information content (AvgIpc) is 3.61. The number of carbonyl (C=O) groups is 6. The van der Waals surface area contributed by atoms with Crippen LogP contribution in [0, 0.1) is 5.92 Å². The lowest BCUT2D eigenvalue weighted by molar-refractivity contribution is -0.180. The summed E-state index contributed by atoms with van der Waals surface area (Å²) in [4.78, 5) is 96.9. The second-order valence-electron chi connectivity index (χ2n) is 18.2. The largest absolute Gasteiger partial charge is 0.449 e. The Kier molecular flexibility index (Phi) is 18.6. The highest BCUT2D eigenvalue weighted by Gasteiger charge is 2.32. The fourth-order valence-corrected chi connectivity index (χ4v) is 8.66. The Balaban J connectivity index is 0.886. The molecule has 75 heavy (non-hydrogen) atoms. The number of anilines is 1. The number of alkyl carbamates (subject to hydrolysis) is 2. The third kappa shape index (κ3) is 14.5. The highest BCUT2D eigenvalue weighted by molar-refractivity contribution is 6.05. The van der Waals surface area contributed by atoms with Gasteiger partial charge in [0.25, 0.3) is 5.91 Å². The molecule has 0 fully saturated rings. The van der Waals surface area contributed by atoms with Crippen molar-refractivity contribution >= 4 is 59.2 Å². The van der Waals surface area contributed by atoms with Crippen molar-refractivity contribution in [2.75, 3.05) is 31.6 Å². The number of aliphatic imine (C=N–C) groups is 1. The maximum Gasteiger partial charge on any atom is 0.407 e. The van der Waals surface area contributed by atoms with Gasteiger partial charge < -0.3 is 47.5 Å². The molecular weight excluding hydrogens is 959 g/mol. The molecule has 2 aliphatic rings. The Morgan fingerprint density at radius 1 is 0.800 bits per heavy atom. The van der Waals surface area contributed by atoms with E-state index in [1.807, 2.05) is 80.6 Å². The number of primary amides is 1. The van der Waals surface area contributed by atoms with Crippen LogP contribution in [0.1, 0.15) is 87.4 Å². The van der Waals surface area contributed by atoms with Crippen molar-refractivity contribution in [3.63, 3.8) is 0 Å². The van der Waals surface area contributed by atoms with Gasteiger partial charge in [-0.3, -0.25) is 19.2 Å². The third-order valence-corrected chi connectivity index (χ3v) is 12.4. The molecule has 2 heterocycles. The Morgan fingerprint density at radius 2 is 1.49 bits per heavy atom. The lowest BCUT2D eigenvalue weighted by atomic mass is 9.98. The minimum atomic E-state index is -1.07. The van der Waals surface area contributed by atoms with Crippen LogP contribution in [0.3, 0.4) is 0 Å². The molecule has 5 aromatic rings. The number of nitrogens with zero attached hydrogens (tertiary/aromatic N) is 4. The highest BCUT2D eigenvalue weighted by atomic mass is 16.7. The minimum absolute atomic E-state index is 0.00677. The first-order chi connectivity index (χ1) is 36.2. The first kappa shape index (κ1) is 54.1. The number of nitrogens with two attached hydrogens (primary N) is 2. The van der Waals surface area contributed by atoms with Gasteiger partial charge in [-0.05, 0) is 89.8 Å². The zero-order valence-corrected chi connectivity index (χ0v) is 42.4. The van der Waals surface area contributed by atoms with E-state index in [0.717, 1.165) is 39.8 Å². The van der Waals surface area contributed by atoms with Crippen LogP contribution in [-0.4, -0.2) is 95.2 Å². The van der Waals surface area contributed by atoms with Gasteiger partial charge in [0, 0.05) is 60.2 Å². The van der Waals surface area contributed by atoms with Crippen LogP contribution < -0.4 is 38.1 Å². The van der Waals surface area contributed by atoms with Gasteiger partial charge in [0.2, 0.25) is 11.8 Å². The fraction of sp³-hybridized carbons (Fsp3) is 0.327. The zero-order valence-electron chi connectivity index (χ0n) is 42.4. The molecule has 20 heteroatoms. The second-order valence-corrected chi connectivity index (χ2v) is 18.2. The van der Waals surface area contributed by atoms with Crippen molar-refractivity contribution in [1.29, 1.82) is 0 Å². The van der Waals surface area contributed by atoms with Crippen molar-refractivity contribution < 1.29 is 43.1 Å². The number of fused-ring (bicyclic) bond motifs is 4. The Morgan fingerprint density at radius 3 is 2.15 bits per heavy atom. The minimum Gasteiger partial charge on any atom is -0.449 e. The Bertz CT molecular complexity index is 2870. The molecule has 4 aromatic carbocycles. The van der Waals surface area contributed by atoms with Gasteiger partial charge in [-0.1, -0.05) is 93.6 Å². The molecule has 0 saturated heterocycles. The van der Waals surface area contributed by atoms with Crippen molar-refractivity contribution in [1.82, 2.24) is 36.3 Å². The number of urea groups is 1. The van der Waals surface area contributed by atoms with Crippen molar-refractivity contribution in [3.8, 4) is 22.3 Å². The fourth-order valence-electron chi connectivity index (χ4n) is 8.66. The summed E-state index contributed by atoms with van der Waals surface area (Å²) < 4.78 is 11.1. The van der Waals surface area contributed by atoms with Gasteiger partial charge in [0.05, 0.1) is 18.8 Å². The van der Waals surface area contributed by atoms with Gasteiger partial charge in [0.1, 0.15) is 37.0 Å². The predicted molar refractivity (Wildman–Crippen MR) is 283 cm³/mol. The van der Waals surface area contributed by atoms with E-state index in [-0.39, 0.29) is 56.9 Å². The molecule has 0 radical (unpaired) electrons. The molecule has 7 amide bonds. The van der Waals surface area contributed by atoms with Crippen LogP contribution in [-0.2, 0) is 41.8 Å². The Labute approximate surface area is 435 Å². The number of aromatic nitrogens is 2. The van der Waals surface area contributed by atoms with Gasteiger partial charge >= 0.3 is 18.2 Å². The zero-order chi connectivity index (χ0) is 53.4. The smallest absolute Gasteiger partial charge is 0.407 e. The lowest BCUT2D eigenvalue weighted by Crippen LogP contribution is -2.54. The van der Waals surface area contributed by atoms with Crippen LogP contribution in [0.2, 0.25) is 0 Å². The van der Waals surface area contributed by atoms with Gasteiger partial charge in [0.15, 0.2) is 0 Å². The number of nitrogens with one attached hydrogen (secondary N) is 5. The summed E-state index contributed by atoms with van der Waals surface area (Å²) >= 11 is 0. The number of hydroxylamine groups is 2. The summed E-state index contributed by atoms with van der Waals surface area (Å²) in [7, 11) is 0. The highest BCUT2D eigenvalue weighted by Crippen LogP contribution is 2.44. The molecule has 9 N–H and O–H groups in total. The van der Waals surface area contributed by atoms with Crippen LogP contribution in [0.4, 0.5) is 25.8 Å². The van der Waals surface area contributed by atoms with Crippen molar-refractivity contribution in [2.24, 2.45) is 22.4 Å². The maximum atomic E-state index is 13.8. The number of amides is 7. The summed E-state index contributed by atoms with van der Waals surface area (Å²) in [5.74, 6) is -1.31. The number of hydrogen-bond acceptors (Lipinski definition) is 13. The molecule has 1 aliphatic carbocycles. The SMILES string of the molecule is CCCN(OCC)C(=O)C1=Cc2ccc(-c3cnc(CNC(=O)OCc4ccc(NC(=O)[C@H](CCCNC(N)=O)NC(=O)[C@@H](NC(=O)OCC5c6ccccc6-c6ccccc65)C(C)C)cc4)nc3)cc2N=C(N)C1. The normalized spacial score (nSPS) is 13.3. The summed E-state index contributed by atoms with van der Waals surface area (Å²) in [6, 6.07) is 25.3. The van der Waals surface area contributed by atoms with E-state index in [9.17, 15) is 28.8 Å². The van der Waals surface area contributed by atoms with E-state index < -0.39 is 42.1 Å². The number of rotatable bonds is 22. The lowest BCUT2D eigenvalue weighted by Gasteiger charge is -2.25. The molecule has 7 rings (SSSR count). The molecule has 1 aromatic heterocycles.